The van der Waals surface area contributed by atoms with Crippen LogP contribution in [0.3, 0.4) is 0 Å². The van der Waals surface area contributed by atoms with Crippen molar-refractivity contribution < 1.29 is 4.74 Å². The van der Waals surface area contributed by atoms with Gasteiger partial charge in [0.2, 0.25) is 0 Å². The van der Waals surface area contributed by atoms with Gasteiger partial charge in [-0.25, -0.2) is 0 Å². The lowest BCUT2D eigenvalue weighted by molar-refractivity contribution is 0.157. The summed E-state index contributed by atoms with van der Waals surface area (Å²) in [6.07, 6.45) is 2.28. The molecule has 0 saturated heterocycles. The first-order chi connectivity index (χ1) is 9.31. The van der Waals surface area contributed by atoms with Gasteiger partial charge in [-0.1, -0.05) is 25.1 Å². The number of ether oxygens (including phenoxy) is 1. The molecule has 1 aromatic heterocycles. The SMILES string of the molecule is CCc1ccc(C2CC(NC)c3ccccc3O2)s1. The molecule has 0 radical (unpaired) electrons. The predicted octanol–water partition coefficient (Wildman–Crippen LogP) is 4.09. The van der Waals surface area contributed by atoms with E-state index in [9.17, 15) is 0 Å². The molecule has 1 aliphatic rings. The van der Waals surface area contributed by atoms with Gasteiger partial charge in [-0.2, -0.15) is 0 Å². The summed E-state index contributed by atoms with van der Waals surface area (Å²) in [5.74, 6) is 1.02. The van der Waals surface area contributed by atoms with Gasteiger partial charge in [-0.15, -0.1) is 11.3 Å². The number of hydrogen-bond acceptors (Lipinski definition) is 3. The van der Waals surface area contributed by atoms with Crippen LogP contribution in [0.15, 0.2) is 36.4 Å². The summed E-state index contributed by atoms with van der Waals surface area (Å²) in [7, 11) is 2.02. The molecule has 2 unspecified atom stereocenters. The monoisotopic (exact) mass is 273 g/mol. The number of fused-ring (bicyclic) bond motifs is 1. The number of hydrogen-bond donors (Lipinski definition) is 1. The Morgan fingerprint density at radius 1 is 1.26 bits per heavy atom. The van der Waals surface area contributed by atoms with Crippen LogP contribution in [0, 0.1) is 0 Å². The molecular weight excluding hydrogens is 254 g/mol. The van der Waals surface area contributed by atoms with Crippen molar-refractivity contribution in [1.29, 1.82) is 0 Å². The molecular formula is C16H19NOS. The van der Waals surface area contributed by atoms with Crippen molar-refractivity contribution in [3.8, 4) is 5.75 Å². The smallest absolute Gasteiger partial charge is 0.135 e. The second-order valence-electron chi connectivity index (χ2n) is 4.88. The summed E-state index contributed by atoms with van der Waals surface area (Å²) in [4.78, 5) is 2.77. The van der Waals surface area contributed by atoms with Crippen LogP contribution < -0.4 is 10.1 Å². The maximum Gasteiger partial charge on any atom is 0.135 e. The van der Waals surface area contributed by atoms with E-state index in [-0.39, 0.29) is 6.10 Å². The molecule has 3 rings (SSSR count). The summed E-state index contributed by atoms with van der Waals surface area (Å²) in [6.45, 7) is 2.20. The normalized spacial score (nSPS) is 21.8. The molecule has 0 bridgehead atoms. The van der Waals surface area contributed by atoms with E-state index in [1.807, 2.05) is 24.5 Å². The third-order valence-corrected chi connectivity index (χ3v) is 5.03. The van der Waals surface area contributed by atoms with E-state index in [1.165, 1.54) is 15.3 Å². The van der Waals surface area contributed by atoms with E-state index in [0.29, 0.717) is 6.04 Å². The third kappa shape index (κ3) is 2.40. The van der Waals surface area contributed by atoms with E-state index < -0.39 is 0 Å². The average molecular weight is 273 g/mol. The molecule has 2 aromatic rings. The number of aryl methyl sites for hydroxylation is 1. The lowest BCUT2D eigenvalue weighted by Gasteiger charge is -2.31. The second-order valence-corrected chi connectivity index (χ2v) is 6.08. The minimum absolute atomic E-state index is 0.178. The Hall–Kier alpha value is -1.32. The first-order valence-corrected chi connectivity index (χ1v) is 7.65. The van der Waals surface area contributed by atoms with Crippen molar-refractivity contribution in [1.82, 2.24) is 5.32 Å². The molecule has 2 heterocycles. The minimum Gasteiger partial charge on any atom is -0.484 e. The Labute approximate surface area is 118 Å². The van der Waals surface area contributed by atoms with Gasteiger partial charge in [0.25, 0.3) is 0 Å². The van der Waals surface area contributed by atoms with Gasteiger partial charge in [0, 0.05) is 27.8 Å². The van der Waals surface area contributed by atoms with Crippen molar-refractivity contribution in [2.45, 2.75) is 31.9 Å². The Bertz CT molecular complexity index is 563. The van der Waals surface area contributed by atoms with Crippen molar-refractivity contribution in [3.05, 3.63) is 51.7 Å². The summed E-state index contributed by atoms with van der Waals surface area (Å²) < 4.78 is 6.18. The van der Waals surface area contributed by atoms with E-state index in [1.54, 1.807) is 0 Å². The Morgan fingerprint density at radius 2 is 2.11 bits per heavy atom. The van der Waals surface area contributed by atoms with E-state index in [4.69, 9.17) is 4.74 Å². The highest BCUT2D eigenvalue weighted by molar-refractivity contribution is 7.12. The molecule has 0 fully saturated rings. The minimum atomic E-state index is 0.178. The standard InChI is InChI=1S/C16H19NOS/c1-3-11-8-9-16(19-11)15-10-13(17-2)12-6-4-5-7-14(12)18-15/h4-9,13,15,17H,3,10H2,1-2H3. The first-order valence-electron chi connectivity index (χ1n) is 6.83. The van der Waals surface area contributed by atoms with E-state index >= 15 is 0 Å². The van der Waals surface area contributed by atoms with Gasteiger partial charge in [0.05, 0.1) is 0 Å². The molecule has 1 N–H and O–H groups in total. The van der Waals surface area contributed by atoms with Crippen molar-refractivity contribution in [3.63, 3.8) is 0 Å². The summed E-state index contributed by atoms with van der Waals surface area (Å²) in [5.41, 5.74) is 1.27. The van der Waals surface area contributed by atoms with Gasteiger partial charge < -0.3 is 10.1 Å². The zero-order chi connectivity index (χ0) is 13.2. The summed E-state index contributed by atoms with van der Waals surface area (Å²) >= 11 is 1.87. The van der Waals surface area contributed by atoms with Crippen LogP contribution >= 0.6 is 11.3 Å². The number of nitrogens with one attached hydrogen (secondary N) is 1. The van der Waals surface area contributed by atoms with Crippen LogP contribution in [-0.4, -0.2) is 7.05 Å². The molecule has 3 heteroatoms. The molecule has 2 nitrogen and oxygen atoms in total. The van der Waals surface area contributed by atoms with Gasteiger partial charge in [-0.05, 0) is 31.7 Å². The molecule has 2 atom stereocenters. The lowest BCUT2D eigenvalue weighted by Crippen LogP contribution is -2.26. The van der Waals surface area contributed by atoms with Crippen molar-refractivity contribution in [2.75, 3.05) is 7.05 Å². The quantitative estimate of drug-likeness (QED) is 0.909. The fourth-order valence-electron chi connectivity index (χ4n) is 2.62. The molecule has 1 aromatic carbocycles. The van der Waals surface area contributed by atoms with Crippen LogP contribution in [0.5, 0.6) is 5.75 Å². The summed E-state index contributed by atoms with van der Waals surface area (Å²) in [6, 6.07) is 13.2. The first kappa shape index (κ1) is 12.7. The number of para-hydroxylation sites is 1. The lowest BCUT2D eigenvalue weighted by atomic mass is 9.96. The van der Waals surface area contributed by atoms with Gasteiger partial charge in [-0.3, -0.25) is 0 Å². The number of benzene rings is 1. The maximum absolute atomic E-state index is 6.18. The second kappa shape index (κ2) is 5.35. The van der Waals surface area contributed by atoms with Crippen LogP contribution in [0.4, 0.5) is 0 Å². The molecule has 0 spiro atoms. The third-order valence-electron chi connectivity index (χ3n) is 3.71. The zero-order valence-corrected chi connectivity index (χ0v) is 12.2. The zero-order valence-electron chi connectivity index (χ0n) is 11.3. The van der Waals surface area contributed by atoms with Gasteiger partial charge in [0.15, 0.2) is 0 Å². The number of thiophene rings is 1. The number of rotatable bonds is 3. The fourth-order valence-corrected chi connectivity index (χ4v) is 3.62. The highest BCUT2D eigenvalue weighted by atomic mass is 32.1. The summed E-state index contributed by atoms with van der Waals surface area (Å²) in [5, 5.41) is 3.41. The van der Waals surface area contributed by atoms with E-state index in [0.717, 1.165) is 18.6 Å². The maximum atomic E-state index is 6.18. The Morgan fingerprint density at radius 3 is 2.84 bits per heavy atom. The molecule has 0 saturated carbocycles. The largest absolute Gasteiger partial charge is 0.484 e. The van der Waals surface area contributed by atoms with Crippen molar-refractivity contribution >= 4 is 11.3 Å². The fraction of sp³-hybridized carbons (Fsp3) is 0.375. The van der Waals surface area contributed by atoms with Gasteiger partial charge >= 0.3 is 0 Å². The van der Waals surface area contributed by atoms with Crippen molar-refractivity contribution in [2.24, 2.45) is 0 Å². The Balaban J connectivity index is 1.90. The van der Waals surface area contributed by atoms with Crippen LogP contribution in [-0.2, 0) is 6.42 Å². The average Bonchev–Trinajstić information content (AvgIpc) is 2.95. The molecule has 19 heavy (non-hydrogen) atoms. The van der Waals surface area contributed by atoms with Gasteiger partial charge in [0.1, 0.15) is 11.9 Å². The predicted molar refractivity (Wildman–Crippen MR) is 79.9 cm³/mol. The Kier molecular flexibility index (Phi) is 3.58. The highest BCUT2D eigenvalue weighted by Gasteiger charge is 2.28. The van der Waals surface area contributed by atoms with Crippen LogP contribution in [0.25, 0.3) is 0 Å². The molecule has 1 aliphatic heterocycles. The molecule has 0 amide bonds. The van der Waals surface area contributed by atoms with Crippen LogP contribution in [0.1, 0.15) is 40.8 Å². The van der Waals surface area contributed by atoms with E-state index in [2.05, 4.69) is 42.6 Å². The van der Waals surface area contributed by atoms with Crippen LogP contribution in [0.2, 0.25) is 0 Å². The molecule has 0 aliphatic carbocycles. The molecule has 100 valence electrons. The topological polar surface area (TPSA) is 21.3 Å². The highest BCUT2D eigenvalue weighted by Crippen LogP contribution is 2.42.